The molecule has 9 nitrogen and oxygen atoms in total. The van der Waals surface area contributed by atoms with Crippen LogP contribution in [0.2, 0.25) is 0 Å². The summed E-state index contributed by atoms with van der Waals surface area (Å²) < 4.78 is 0. The summed E-state index contributed by atoms with van der Waals surface area (Å²) in [6.07, 6.45) is -4.22. The molecule has 0 aromatic heterocycles. The number of carbonyl (C=O) groups is 4. The molecule has 0 spiro atoms. The van der Waals surface area contributed by atoms with Crippen molar-refractivity contribution in [1.29, 1.82) is 0 Å². The maximum atomic E-state index is 10.7. The second-order valence-electron chi connectivity index (χ2n) is 3.13. The fourth-order valence-corrected chi connectivity index (χ4v) is 1.17. The topological polar surface area (TPSA) is 164 Å². The largest absolute Gasteiger partial charge is 1.00 e. The predicted molar refractivity (Wildman–Crippen MR) is 40.1 cm³/mol. The minimum atomic E-state index is -3.13. The summed E-state index contributed by atoms with van der Waals surface area (Å²) in [4.78, 5) is 41.9. The molecule has 0 saturated heterocycles. The Hall–Kier alpha value is 1.68. The molecule has 0 rings (SSSR count). The molecular weight excluding hydrogens is 330 g/mol. The third-order valence-corrected chi connectivity index (χ3v) is 2.21. The average Bonchev–Trinajstić information content (AvgIpc) is 2.16. The smallest absolute Gasteiger partial charge is 0.550 e. The van der Waals surface area contributed by atoms with Crippen molar-refractivity contribution in [2.24, 2.45) is 0 Å². The molecule has 0 bridgehead atoms. The van der Waals surface area contributed by atoms with Gasteiger partial charge in [-0.3, -0.25) is 0 Å². The molecular formula is C8H7NNa4O8. The SMILES string of the molecule is CN(C(=O)[O-])C(CCC(=O)[O-])(C(=O)[O-])C(=O)[O-].[Na+].[Na+].[Na+].[Na+]. The van der Waals surface area contributed by atoms with Gasteiger partial charge in [-0.2, -0.15) is 0 Å². The number of carboxylic acid groups (broad SMARTS) is 4. The van der Waals surface area contributed by atoms with Gasteiger partial charge in [0.05, 0.1) is 11.9 Å². The van der Waals surface area contributed by atoms with Crippen LogP contribution in [0.5, 0.6) is 0 Å². The van der Waals surface area contributed by atoms with Crippen LogP contribution in [0.1, 0.15) is 12.8 Å². The first-order chi connectivity index (χ1) is 7.66. The van der Waals surface area contributed by atoms with Crippen molar-refractivity contribution in [3.05, 3.63) is 0 Å². The molecule has 0 saturated carbocycles. The Labute approximate surface area is 209 Å². The van der Waals surface area contributed by atoms with E-state index in [-0.39, 0.29) is 123 Å². The fourth-order valence-electron chi connectivity index (χ4n) is 1.17. The summed E-state index contributed by atoms with van der Waals surface area (Å²) in [6, 6.07) is 0. The Balaban J connectivity index is -0.000000213. The summed E-state index contributed by atoms with van der Waals surface area (Å²) in [5, 5.41) is 42.1. The first-order valence-corrected chi connectivity index (χ1v) is 4.23. The number of carboxylic acids is 3. The third-order valence-electron chi connectivity index (χ3n) is 2.21. The maximum Gasteiger partial charge on any atom is 1.00 e. The van der Waals surface area contributed by atoms with Gasteiger partial charge < -0.3 is 44.5 Å². The van der Waals surface area contributed by atoms with Crippen molar-refractivity contribution >= 4 is 24.0 Å². The second-order valence-corrected chi connectivity index (χ2v) is 3.13. The van der Waals surface area contributed by atoms with Gasteiger partial charge in [-0.1, -0.05) is 0 Å². The van der Waals surface area contributed by atoms with Crippen molar-refractivity contribution in [2.45, 2.75) is 18.4 Å². The number of aliphatic carboxylic acids is 3. The Morgan fingerprint density at radius 3 is 1.38 bits per heavy atom. The Bertz CT molecular complexity index is 363. The molecule has 0 atom stereocenters. The van der Waals surface area contributed by atoms with Crippen molar-refractivity contribution in [3.63, 3.8) is 0 Å². The van der Waals surface area contributed by atoms with Gasteiger partial charge in [-0.25, -0.2) is 0 Å². The van der Waals surface area contributed by atoms with Crippen LogP contribution in [0.15, 0.2) is 0 Å². The van der Waals surface area contributed by atoms with E-state index >= 15 is 0 Å². The van der Waals surface area contributed by atoms with Crippen molar-refractivity contribution < 1.29 is 158 Å². The van der Waals surface area contributed by atoms with E-state index in [0.29, 0.717) is 7.05 Å². The standard InChI is InChI=1S/C8H11NO8.4Na/c1-9(7(16)17)8(5(12)13,6(14)15)3-2-4(10)11;;;;/h2-3H2,1H3,(H,10,11)(H,12,13)(H,14,15)(H,16,17);;;;/q;4*+1/p-4. The van der Waals surface area contributed by atoms with E-state index < -0.39 is 42.4 Å². The van der Waals surface area contributed by atoms with Crippen LogP contribution in [-0.4, -0.2) is 41.5 Å². The number of rotatable bonds is 6. The zero-order valence-electron chi connectivity index (χ0n) is 12.6. The molecule has 0 fully saturated rings. The van der Waals surface area contributed by atoms with Gasteiger partial charge in [0.2, 0.25) is 0 Å². The molecule has 13 heteroatoms. The molecule has 0 aromatic carbocycles. The molecule has 0 aromatic rings. The summed E-state index contributed by atoms with van der Waals surface area (Å²) in [5.41, 5.74) is -3.13. The summed E-state index contributed by atoms with van der Waals surface area (Å²) >= 11 is 0. The minimum Gasteiger partial charge on any atom is -0.550 e. The van der Waals surface area contributed by atoms with Gasteiger partial charge in [0.15, 0.2) is 0 Å². The Morgan fingerprint density at radius 1 is 0.857 bits per heavy atom. The van der Waals surface area contributed by atoms with Gasteiger partial charge in [-0.05, 0) is 12.8 Å². The number of carbonyl (C=O) groups excluding carboxylic acids is 4. The normalized spacial score (nSPS) is 8.62. The molecule has 0 N–H and O–H groups in total. The van der Waals surface area contributed by atoms with E-state index in [2.05, 4.69) is 0 Å². The summed E-state index contributed by atoms with van der Waals surface area (Å²) in [7, 11) is 0.593. The van der Waals surface area contributed by atoms with Crippen LogP contribution < -0.4 is 139 Å². The van der Waals surface area contributed by atoms with Gasteiger partial charge >= 0.3 is 118 Å². The van der Waals surface area contributed by atoms with E-state index in [1.54, 1.807) is 0 Å². The van der Waals surface area contributed by atoms with E-state index in [4.69, 9.17) is 0 Å². The molecule has 96 valence electrons. The minimum absolute atomic E-state index is 0. The number of hydrogen-bond donors (Lipinski definition) is 0. The first kappa shape index (κ1) is 34.1. The first-order valence-electron chi connectivity index (χ1n) is 4.23. The van der Waals surface area contributed by atoms with E-state index in [1.807, 2.05) is 0 Å². The number of likely N-dealkylation sites (N-methyl/N-ethyl adjacent to an activating group) is 1. The van der Waals surface area contributed by atoms with Crippen LogP contribution in [0.3, 0.4) is 0 Å². The van der Waals surface area contributed by atoms with E-state index in [1.165, 1.54) is 0 Å². The Morgan fingerprint density at radius 2 is 1.19 bits per heavy atom. The van der Waals surface area contributed by atoms with E-state index in [9.17, 15) is 39.6 Å². The van der Waals surface area contributed by atoms with Crippen molar-refractivity contribution in [2.75, 3.05) is 7.05 Å². The van der Waals surface area contributed by atoms with Crippen LogP contribution in [-0.2, 0) is 14.4 Å². The van der Waals surface area contributed by atoms with Crippen LogP contribution in [0, 0.1) is 0 Å². The molecule has 0 unspecified atom stereocenters. The van der Waals surface area contributed by atoms with Gasteiger partial charge in [0, 0.05) is 13.0 Å². The maximum absolute atomic E-state index is 10.7. The quantitative estimate of drug-likeness (QED) is 0.340. The fraction of sp³-hybridized carbons (Fsp3) is 0.500. The van der Waals surface area contributed by atoms with Crippen molar-refractivity contribution in [3.8, 4) is 0 Å². The third kappa shape index (κ3) is 9.53. The monoisotopic (exact) mass is 337 g/mol. The summed E-state index contributed by atoms with van der Waals surface area (Å²) in [5.74, 6) is -6.38. The second kappa shape index (κ2) is 15.2. The number of hydrogen-bond acceptors (Lipinski definition) is 8. The zero-order chi connectivity index (χ0) is 13.8. The van der Waals surface area contributed by atoms with Gasteiger partial charge in [-0.15, -0.1) is 0 Å². The number of nitrogens with zero attached hydrogens (tertiary/aromatic N) is 1. The predicted octanol–water partition coefficient (Wildman–Crippen LogP) is -18.0. The molecule has 0 radical (unpaired) electrons. The average molecular weight is 337 g/mol. The molecule has 0 aliphatic rings. The molecule has 0 aliphatic carbocycles. The van der Waals surface area contributed by atoms with Crippen LogP contribution >= 0.6 is 0 Å². The summed E-state index contributed by atoms with van der Waals surface area (Å²) in [6.45, 7) is 0. The van der Waals surface area contributed by atoms with Crippen molar-refractivity contribution in [1.82, 2.24) is 4.90 Å². The molecule has 1 amide bonds. The van der Waals surface area contributed by atoms with Crippen LogP contribution in [0.4, 0.5) is 4.79 Å². The number of amides is 1. The van der Waals surface area contributed by atoms with Crippen LogP contribution in [0.25, 0.3) is 0 Å². The van der Waals surface area contributed by atoms with Gasteiger partial charge in [0.25, 0.3) is 0 Å². The molecule has 0 heterocycles. The molecule has 0 aliphatic heterocycles. The van der Waals surface area contributed by atoms with E-state index in [0.717, 1.165) is 0 Å². The van der Waals surface area contributed by atoms with Gasteiger partial charge in [0.1, 0.15) is 11.6 Å². The Kier molecular flexibility index (Phi) is 24.7. The zero-order valence-corrected chi connectivity index (χ0v) is 20.6. The molecule has 21 heavy (non-hydrogen) atoms.